The van der Waals surface area contributed by atoms with E-state index >= 15 is 0 Å². The maximum Gasteiger partial charge on any atom is 0.257 e. The number of nitrogens with one attached hydrogen (secondary N) is 1. The maximum absolute atomic E-state index is 13.4. The number of methoxy groups -OCH3 is 1. The second-order valence-corrected chi connectivity index (χ2v) is 10.2. The fourth-order valence-corrected chi connectivity index (χ4v) is 4.78. The Hall–Kier alpha value is -2.97. The highest BCUT2D eigenvalue weighted by Crippen LogP contribution is 2.30. The van der Waals surface area contributed by atoms with Crippen LogP contribution in [-0.2, 0) is 16.1 Å². The molecule has 8 heteroatoms. The van der Waals surface area contributed by atoms with Crippen molar-refractivity contribution in [3.8, 4) is 5.75 Å². The van der Waals surface area contributed by atoms with Crippen LogP contribution in [0.3, 0.4) is 0 Å². The van der Waals surface area contributed by atoms with Crippen LogP contribution in [-0.4, -0.2) is 72.6 Å². The van der Waals surface area contributed by atoms with Gasteiger partial charge in [-0.05, 0) is 55.5 Å². The number of hydrogen-bond donors (Lipinski definition) is 1. The number of pyridine rings is 1. The number of rotatable bonds is 5. The molecule has 1 aromatic carbocycles. The van der Waals surface area contributed by atoms with Crippen molar-refractivity contribution < 1.29 is 19.1 Å². The van der Waals surface area contributed by atoms with E-state index < -0.39 is 0 Å². The van der Waals surface area contributed by atoms with Gasteiger partial charge in [-0.2, -0.15) is 0 Å². The fraction of sp³-hybridized carbons (Fsp3) is 0.536. The zero-order chi connectivity index (χ0) is 25.7. The molecular weight excluding hydrogens is 456 g/mol. The molecule has 1 N–H and O–H groups in total. The summed E-state index contributed by atoms with van der Waals surface area (Å²) in [7, 11) is 3.50. The highest BCUT2D eigenvalue weighted by Gasteiger charge is 2.29. The number of fused-ring (bicyclic) bond motifs is 1. The highest BCUT2D eigenvalue weighted by atomic mass is 16.5. The fourth-order valence-electron chi connectivity index (χ4n) is 4.78. The Labute approximate surface area is 214 Å². The summed E-state index contributed by atoms with van der Waals surface area (Å²) in [6, 6.07) is 9.45. The minimum Gasteiger partial charge on any atom is -0.491 e. The number of carbonyl (C=O) groups is 2. The molecule has 2 aliphatic rings. The highest BCUT2D eigenvalue weighted by molar-refractivity contribution is 5.99. The average molecular weight is 495 g/mol. The third-order valence-corrected chi connectivity index (χ3v) is 7.45. The monoisotopic (exact) mass is 494 g/mol. The van der Waals surface area contributed by atoms with Crippen LogP contribution in [0.1, 0.15) is 49.0 Å². The zero-order valence-corrected chi connectivity index (χ0v) is 21.8. The van der Waals surface area contributed by atoms with Crippen molar-refractivity contribution >= 4 is 17.5 Å². The van der Waals surface area contributed by atoms with E-state index in [4.69, 9.17) is 9.47 Å². The Morgan fingerprint density at radius 2 is 1.92 bits per heavy atom. The number of anilines is 1. The number of ether oxygens (including phenoxy) is 2. The summed E-state index contributed by atoms with van der Waals surface area (Å²) >= 11 is 0. The van der Waals surface area contributed by atoms with Crippen molar-refractivity contribution in [3.63, 3.8) is 0 Å². The molecule has 1 aliphatic heterocycles. The molecule has 1 aromatic heterocycles. The molecule has 0 radical (unpaired) electrons. The van der Waals surface area contributed by atoms with Crippen molar-refractivity contribution in [2.75, 3.05) is 39.2 Å². The number of benzene rings is 1. The van der Waals surface area contributed by atoms with Gasteiger partial charge in [0.15, 0.2) is 0 Å². The van der Waals surface area contributed by atoms with Gasteiger partial charge < -0.3 is 19.7 Å². The van der Waals surface area contributed by atoms with E-state index in [-0.39, 0.29) is 35.8 Å². The van der Waals surface area contributed by atoms with Gasteiger partial charge in [-0.15, -0.1) is 0 Å². The first kappa shape index (κ1) is 26.1. The topological polar surface area (TPSA) is 84.0 Å². The predicted molar refractivity (Wildman–Crippen MR) is 139 cm³/mol. The van der Waals surface area contributed by atoms with E-state index in [9.17, 15) is 9.59 Å². The van der Waals surface area contributed by atoms with Crippen LogP contribution < -0.4 is 10.1 Å². The molecule has 0 saturated heterocycles. The van der Waals surface area contributed by atoms with Crippen LogP contribution in [0.25, 0.3) is 0 Å². The first-order chi connectivity index (χ1) is 17.4. The van der Waals surface area contributed by atoms with Crippen LogP contribution in [0.2, 0.25) is 0 Å². The summed E-state index contributed by atoms with van der Waals surface area (Å²) in [6.07, 6.45) is 6.47. The second-order valence-electron chi connectivity index (χ2n) is 10.2. The van der Waals surface area contributed by atoms with E-state index in [1.165, 1.54) is 5.56 Å². The van der Waals surface area contributed by atoms with Gasteiger partial charge in [-0.3, -0.25) is 19.5 Å². The van der Waals surface area contributed by atoms with E-state index in [2.05, 4.69) is 29.0 Å². The lowest BCUT2D eigenvalue weighted by molar-refractivity contribution is -0.122. The van der Waals surface area contributed by atoms with E-state index in [1.807, 2.05) is 24.5 Å². The summed E-state index contributed by atoms with van der Waals surface area (Å²) in [5.41, 5.74) is 2.31. The summed E-state index contributed by atoms with van der Waals surface area (Å²) in [5, 5.41) is 3.00. The first-order valence-corrected chi connectivity index (χ1v) is 12.8. The molecule has 0 bridgehead atoms. The lowest BCUT2D eigenvalue weighted by atomic mass is 9.85. The van der Waals surface area contributed by atoms with Gasteiger partial charge in [0.25, 0.3) is 5.91 Å². The molecule has 1 saturated carbocycles. The minimum absolute atomic E-state index is 0.0339. The standard InChI is InChI=1S/C28H38N4O4/c1-19-15-32(16-21-10-12-29-13-11-21)20(2)18-36-25-14-23(30-27(33)22-6-5-7-22)8-9-24(25)28(34)31(3)17-26(19)35-4/h8-14,19-20,22,26H,5-7,15-18H2,1-4H3,(H,30,33)/t19-,20+,26-/m1/s1. The van der Waals surface area contributed by atoms with E-state index in [1.54, 1.807) is 37.3 Å². The van der Waals surface area contributed by atoms with Gasteiger partial charge in [0.1, 0.15) is 12.4 Å². The van der Waals surface area contributed by atoms with Crippen molar-refractivity contribution in [1.29, 1.82) is 0 Å². The van der Waals surface area contributed by atoms with Gasteiger partial charge >= 0.3 is 0 Å². The molecular formula is C28H38N4O4. The van der Waals surface area contributed by atoms with Gasteiger partial charge in [0.2, 0.25) is 5.91 Å². The molecule has 0 spiro atoms. The van der Waals surface area contributed by atoms with Crippen molar-refractivity contribution in [2.45, 2.75) is 51.8 Å². The molecule has 2 amide bonds. The van der Waals surface area contributed by atoms with Crippen LogP contribution in [0, 0.1) is 11.8 Å². The van der Waals surface area contributed by atoms with E-state index in [0.29, 0.717) is 30.2 Å². The Bertz CT molecular complexity index is 1040. The SMILES string of the molecule is CO[C@@H]1CN(C)C(=O)c2ccc(NC(=O)C3CCC3)cc2OC[C@H](C)N(Cc2ccncc2)C[C@H]1C. The summed E-state index contributed by atoms with van der Waals surface area (Å²) in [4.78, 5) is 34.1. The summed E-state index contributed by atoms with van der Waals surface area (Å²) < 4.78 is 12.1. The summed E-state index contributed by atoms with van der Waals surface area (Å²) in [5.74, 6) is 0.660. The molecule has 1 aliphatic carbocycles. The Morgan fingerprint density at radius 1 is 1.17 bits per heavy atom. The van der Waals surface area contributed by atoms with Gasteiger partial charge in [-0.25, -0.2) is 0 Å². The van der Waals surface area contributed by atoms with Crippen LogP contribution in [0.15, 0.2) is 42.7 Å². The Morgan fingerprint density at radius 3 is 2.58 bits per heavy atom. The number of carbonyl (C=O) groups excluding carboxylic acids is 2. The van der Waals surface area contributed by atoms with Crippen LogP contribution in [0.5, 0.6) is 5.75 Å². The van der Waals surface area contributed by atoms with Crippen molar-refractivity contribution in [2.24, 2.45) is 11.8 Å². The molecule has 8 nitrogen and oxygen atoms in total. The Kier molecular flexibility index (Phi) is 8.59. The lowest BCUT2D eigenvalue weighted by Gasteiger charge is -2.36. The maximum atomic E-state index is 13.4. The number of likely N-dealkylation sites (N-methyl/N-ethyl adjacent to an activating group) is 1. The lowest BCUT2D eigenvalue weighted by Crippen LogP contribution is -2.46. The molecule has 1 fully saturated rings. The minimum atomic E-state index is -0.127. The van der Waals surface area contributed by atoms with Crippen molar-refractivity contribution in [3.05, 3.63) is 53.9 Å². The molecule has 3 atom stereocenters. The second kappa shape index (κ2) is 11.8. The smallest absolute Gasteiger partial charge is 0.257 e. The van der Waals surface area contributed by atoms with Crippen LogP contribution >= 0.6 is 0 Å². The molecule has 4 rings (SSSR count). The zero-order valence-electron chi connectivity index (χ0n) is 21.8. The van der Waals surface area contributed by atoms with Gasteiger partial charge in [-0.1, -0.05) is 13.3 Å². The quantitative estimate of drug-likeness (QED) is 0.680. The van der Waals surface area contributed by atoms with Crippen molar-refractivity contribution in [1.82, 2.24) is 14.8 Å². The first-order valence-electron chi connectivity index (χ1n) is 12.8. The molecule has 2 heterocycles. The largest absolute Gasteiger partial charge is 0.491 e. The Balaban J connectivity index is 1.61. The average Bonchev–Trinajstić information content (AvgIpc) is 2.83. The third-order valence-electron chi connectivity index (χ3n) is 7.45. The molecule has 194 valence electrons. The third kappa shape index (κ3) is 6.23. The van der Waals surface area contributed by atoms with Gasteiger partial charge in [0.05, 0.1) is 11.7 Å². The predicted octanol–water partition coefficient (Wildman–Crippen LogP) is 3.83. The molecule has 0 unspecified atom stereocenters. The van der Waals surface area contributed by atoms with Crippen LogP contribution in [0.4, 0.5) is 5.69 Å². The number of amides is 2. The number of nitrogens with zero attached hydrogens (tertiary/aromatic N) is 3. The summed E-state index contributed by atoms with van der Waals surface area (Å²) in [6.45, 7) is 6.71. The normalized spacial score (nSPS) is 24.1. The van der Waals surface area contributed by atoms with E-state index in [0.717, 1.165) is 32.4 Å². The number of aromatic nitrogens is 1. The van der Waals surface area contributed by atoms with Gasteiger partial charge in [0, 0.05) is 69.9 Å². The molecule has 36 heavy (non-hydrogen) atoms. The molecule has 2 aromatic rings. The number of hydrogen-bond acceptors (Lipinski definition) is 6.